The quantitative estimate of drug-likeness (QED) is 0.846. The molecule has 1 saturated heterocycles. The highest BCUT2D eigenvalue weighted by Crippen LogP contribution is 2.25. The van der Waals surface area contributed by atoms with Gasteiger partial charge in [0.15, 0.2) is 5.54 Å². The lowest BCUT2D eigenvalue weighted by molar-refractivity contribution is -0.144. The molecule has 1 fully saturated rings. The Morgan fingerprint density at radius 3 is 2.12 bits per heavy atom. The molecule has 0 amide bonds. The molecular weight excluding hydrogens is 349 g/mol. The number of hydrogen-bond donors (Lipinski definition) is 2. The predicted octanol–water partition coefficient (Wildman–Crippen LogP) is 2.01. The van der Waals surface area contributed by atoms with Crippen LogP contribution in [-0.2, 0) is 19.6 Å². The van der Waals surface area contributed by atoms with Crippen LogP contribution in [0.5, 0.6) is 0 Å². The van der Waals surface area contributed by atoms with Crippen LogP contribution in [0.15, 0.2) is 53.4 Å². The van der Waals surface area contributed by atoms with Crippen molar-refractivity contribution in [2.45, 2.75) is 16.9 Å². The molecule has 1 atom stereocenters. The van der Waals surface area contributed by atoms with Gasteiger partial charge in [-0.25, -0.2) is 12.8 Å². The maximum absolute atomic E-state index is 13.0. The molecule has 6 nitrogen and oxygen atoms in total. The van der Waals surface area contributed by atoms with Gasteiger partial charge in [-0.05, 0) is 35.4 Å². The summed E-state index contributed by atoms with van der Waals surface area (Å²) in [6.45, 7) is -0.0342. The van der Waals surface area contributed by atoms with E-state index in [0.717, 1.165) is 11.1 Å². The van der Waals surface area contributed by atoms with E-state index >= 15 is 0 Å². The van der Waals surface area contributed by atoms with Gasteiger partial charge in [0.1, 0.15) is 5.82 Å². The first kappa shape index (κ1) is 17.5. The van der Waals surface area contributed by atoms with Gasteiger partial charge in [-0.2, -0.15) is 4.72 Å². The zero-order valence-corrected chi connectivity index (χ0v) is 13.9. The number of benzene rings is 2. The van der Waals surface area contributed by atoms with Crippen molar-refractivity contribution in [3.8, 4) is 11.1 Å². The number of nitrogens with one attached hydrogen (secondary N) is 1. The summed E-state index contributed by atoms with van der Waals surface area (Å²) in [6.07, 6.45) is 0.0647. The lowest BCUT2D eigenvalue weighted by Crippen LogP contribution is -2.54. The molecule has 0 spiro atoms. The fourth-order valence-electron chi connectivity index (χ4n) is 2.64. The number of ether oxygens (including phenoxy) is 1. The third kappa shape index (κ3) is 3.55. The molecule has 2 N–H and O–H groups in total. The lowest BCUT2D eigenvalue weighted by atomic mass is 10.0. The van der Waals surface area contributed by atoms with Crippen molar-refractivity contribution in [3.05, 3.63) is 54.3 Å². The largest absolute Gasteiger partial charge is 0.480 e. The number of halogens is 1. The first-order chi connectivity index (χ1) is 11.8. The molecule has 1 aliphatic heterocycles. The Hall–Kier alpha value is -2.29. The van der Waals surface area contributed by atoms with E-state index in [-0.39, 0.29) is 30.3 Å². The van der Waals surface area contributed by atoms with Crippen LogP contribution in [0.1, 0.15) is 6.42 Å². The first-order valence-electron chi connectivity index (χ1n) is 7.54. The molecule has 0 aliphatic carbocycles. The molecular formula is C17H16FNO5S. The van der Waals surface area contributed by atoms with Crippen molar-refractivity contribution in [2.24, 2.45) is 0 Å². The Balaban J connectivity index is 1.85. The van der Waals surface area contributed by atoms with Gasteiger partial charge in [-0.3, -0.25) is 4.79 Å². The number of carbonyl (C=O) groups is 1. The molecule has 1 unspecified atom stereocenters. The molecule has 0 bridgehead atoms. The van der Waals surface area contributed by atoms with Gasteiger partial charge < -0.3 is 9.84 Å². The van der Waals surface area contributed by atoms with E-state index in [4.69, 9.17) is 4.74 Å². The van der Waals surface area contributed by atoms with Crippen molar-refractivity contribution in [2.75, 3.05) is 13.2 Å². The van der Waals surface area contributed by atoms with Gasteiger partial charge in [-0.1, -0.05) is 24.3 Å². The summed E-state index contributed by atoms with van der Waals surface area (Å²) in [6, 6.07) is 11.7. The number of carboxylic acid groups (broad SMARTS) is 1. The van der Waals surface area contributed by atoms with Crippen molar-refractivity contribution in [1.82, 2.24) is 4.72 Å². The van der Waals surface area contributed by atoms with Crippen molar-refractivity contribution >= 4 is 16.0 Å². The minimum absolute atomic E-state index is 0.0501. The summed E-state index contributed by atoms with van der Waals surface area (Å²) >= 11 is 0. The normalized spacial score (nSPS) is 20.5. The molecule has 3 rings (SSSR count). The smallest absolute Gasteiger partial charge is 0.327 e. The molecule has 25 heavy (non-hydrogen) atoms. The van der Waals surface area contributed by atoms with E-state index in [9.17, 15) is 22.7 Å². The van der Waals surface area contributed by atoms with Gasteiger partial charge in [0.05, 0.1) is 11.5 Å². The molecule has 0 saturated carbocycles. The second kappa shape index (κ2) is 6.55. The minimum atomic E-state index is -4.02. The number of hydrogen-bond acceptors (Lipinski definition) is 4. The zero-order valence-electron chi connectivity index (χ0n) is 13.1. The SMILES string of the molecule is O=C(O)C1(NS(=O)(=O)c2ccc(-c3ccc(F)cc3)cc2)CCOC1. The molecule has 132 valence electrons. The van der Waals surface area contributed by atoms with Crippen LogP contribution in [0.25, 0.3) is 11.1 Å². The number of carboxylic acids is 1. The molecule has 8 heteroatoms. The third-order valence-corrected chi connectivity index (χ3v) is 5.66. The lowest BCUT2D eigenvalue weighted by Gasteiger charge is -2.23. The van der Waals surface area contributed by atoms with Crippen LogP contribution in [0.4, 0.5) is 4.39 Å². The van der Waals surface area contributed by atoms with Crippen LogP contribution in [-0.4, -0.2) is 38.2 Å². The molecule has 0 aromatic heterocycles. The van der Waals surface area contributed by atoms with Crippen molar-refractivity contribution < 1.29 is 27.4 Å². The van der Waals surface area contributed by atoms with Crippen LogP contribution in [0.2, 0.25) is 0 Å². The number of rotatable bonds is 5. The molecule has 1 heterocycles. The predicted molar refractivity (Wildman–Crippen MR) is 88.0 cm³/mol. The van der Waals surface area contributed by atoms with Gasteiger partial charge in [-0.15, -0.1) is 0 Å². The standard InChI is InChI=1S/C17H16FNO5S/c18-14-5-1-12(2-6-14)13-3-7-15(8-4-13)25(22,23)19-17(16(20)21)9-10-24-11-17/h1-8,19H,9-11H2,(H,20,21). The number of aliphatic carboxylic acids is 1. The Kier molecular flexibility index (Phi) is 4.59. The summed E-state index contributed by atoms with van der Waals surface area (Å²) in [4.78, 5) is 11.4. The Bertz CT molecular complexity index is 872. The van der Waals surface area contributed by atoms with E-state index in [1.165, 1.54) is 24.3 Å². The van der Waals surface area contributed by atoms with E-state index in [0.29, 0.717) is 0 Å². The van der Waals surface area contributed by atoms with Gasteiger partial charge in [0.2, 0.25) is 10.0 Å². The molecule has 2 aromatic rings. The van der Waals surface area contributed by atoms with Gasteiger partial charge in [0.25, 0.3) is 0 Å². The first-order valence-corrected chi connectivity index (χ1v) is 9.02. The molecule has 0 radical (unpaired) electrons. The van der Waals surface area contributed by atoms with Crippen LogP contribution >= 0.6 is 0 Å². The van der Waals surface area contributed by atoms with Gasteiger partial charge >= 0.3 is 5.97 Å². The Morgan fingerprint density at radius 2 is 1.64 bits per heavy atom. The second-order valence-electron chi connectivity index (χ2n) is 5.83. The van der Waals surface area contributed by atoms with E-state index in [2.05, 4.69) is 4.72 Å². The van der Waals surface area contributed by atoms with E-state index < -0.39 is 21.5 Å². The Morgan fingerprint density at radius 1 is 1.08 bits per heavy atom. The summed E-state index contributed by atoms with van der Waals surface area (Å²) in [5.74, 6) is -1.62. The minimum Gasteiger partial charge on any atom is -0.480 e. The average Bonchev–Trinajstić information content (AvgIpc) is 3.05. The number of sulfonamides is 1. The van der Waals surface area contributed by atoms with E-state index in [1.54, 1.807) is 24.3 Å². The summed E-state index contributed by atoms with van der Waals surface area (Å²) in [5, 5.41) is 9.35. The second-order valence-corrected chi connectivity index (χ2v) is 7.51. The fraction of sp³-hybridized carbons (Fsp3) is 0.235. The molecule has 1 aliphatic rings. The maximum atomic E-state index is 13.0. The summed E-state index contributed by atoms with van der Waals surface area (Å²) in [5.41, 5.74) is -0.185. The topological polar surface area (TPSA) is 92.7 Å². The fourth-order valence-corrected chi connectivity index (χ4v) is 4.02. The van der Waals surface area contributed by atoms with E-state index in [1.807, 2.05) is 0 Å². The summed E-state index contributed by atoms with van der Waals surface area (Å²) < 4.78 is 45.3. The third-order valence-electron chi connectivity index (χ3n) is 4.10. The highest BCUT2D eigenvalue weighted by atomic mass is 32.2. The highest BCUT2D eigenvalue weighted by molar-refractivity contribution is 7.89. The highest BCUT2D eigenvalue weighted by Gasteiger charge is 2.46. The van der Waals surface area contributed by atoms with Crippen molar-refractivity contribution in [1.29, 1.82) is 0 Å². The summed E-state index contributed by atoms with van der Waals surface area (Å²) in [7, 11) is -4.02. The van der Waals surface area contributed by atoms with Crippen LogP contribution in [0.3, 0.4) is 0 Å². The monoisotopic (exact) mass is 365 g/mol. The zero-order chi connectivity index (χ0) is 18.1. The van der Waals surface area contributed by atoms with Crippen LogP contribution in [0, 0.1) is 5.82 Å². The van der Waals surface area contributed by atoms with Gasteiger partial charge in [0, 0.05) is 13.0 Å². The van der Waals surface area contributed by atoms with Crippen molar-refractivity contribution in [3.63, 3.8) is 0 Å². The Labute approximate surface area is 144 Å². The average molecular weight is 365 g/mol. The molecule has 2 aromatic carbocycles. The maximum Gasteiger partial charge on any atom is 0.327 e. The van der Waals surface area contributed by atoms with Crippen LogP contribution < -0.4 is 4.72 Å².